The van der Waals surface area contributed by atoms with Crippen molar-refractivity contribution < 1.29 is 13.9 Å². The van der Waals surface area contributed by atoms with Gasteiger partial charge in [0.1, 0.15) is 0 Å². The molecule has 1 N–H and O–H groups in total. The number of hydrogen-bond acceptors (Lipinski definition) is 1. The summed E-state index contributed by atoms with van der Waals surface area (Å²) in [6.07, 6.45) is 3.39. The van der Waals surface area contributed by atoms with Crippen LogP contribution in [0.4, 0.5) is 8.78 Å². The molecule has 0 spiro atoms. The highest BCUT2D eigenvalue weighted by atomic mass is 19.2. The van der Waals surface area contributed by atoms with E-state index in [9.17, 15) is 13.9 Å². The Labute approximate surface area is 120 Å². The molecular formula is C17H24F2O. The fourth-order valence-electron chi connectivity index (χ4n) is 3.27. The lowest BCUT2D eigenvalue weighted by molar-refractivity contribution is 0.0526. The fourth-order valence-corrected chi connectivity index (χ4v) is 3.27. The van der Waals surface area contributed by atoms with Crippen LogP contribution in [0.1, 0.15) is 58.1 Å². The van der Waals surface area contributed by atoms with Crippen LogP contribution in [-0.2, 0) is 0 Å². The molecule has 1 aromatic rings. The van der Waals surface area contributed by atoms with Gasteiger partial charge in [-0.25, -0.2) is 8.78 Å². The summed E-state index contributed by atoms with van der Waals surface area (Å²) in [5.41, 5.74) is 0.792. The van der Waals surface area contributed by atoms with Gasteiger partial charge >= 0.3 is 0 Å². The minimum Gasteiger partial charge on any atom is -0.388 e. The largest absolute Gasteiger partial charge is 0.388 e. The van der Waals surface area contributed by atoms with E-state index in [-0.39, 0.29) is 5.92 Å². The third-order valence-corrected chi connectivity index (χ3v) is 4.73. The summed E-state index contributed by atoms with van der Waals surface area (Å²) in [7, 11) is 0. The van der Waals surface area contributed by atoms with Gasteiger partial charge in [0.15, 0.2) is 11.6 Å². The smallest absolute Gasteiger partial charge is 0.159 e. The van der Waals surface area contributed by atoms with Crippen LogP contribution in [-0.4, -0.2) is 5.11 Å². The maximum Gasteiger partial charge on any atom is 0.159 e. The Morgan fingerprint density at radius 1 is 1.05 bits per heavy atom. The lowest BCUT2D eigenvalue weighted by Gasteiger charge is -2.38. The van der Waals surface area contributed by atoms with Gasteiger partial charge in [-0.2, -0.15) is 0 Å². The number of rotatable bonds is 2. The van der Waals surface area contributed by atoms with Gasteiger partial charge in [-0.05, 0) is 60.6 Å². The van der Waals surface area contributed by atoms with Crippen molar-refractivity contribution in [2.24, 2.45) is 17.3 Å². The van der Waals surface area contributed by atoms with E-state index in [2.05, 4.69) is 20.8 Å². The van der Waals surface area contributed by atoms with Crippen molar-refractivity contribution in [2.75, 3.05) is 0 Å². The Bertz CT molecular complexity index is 457. The molecule has 0 bridgehead atoms. The molecule has 0 heterocycles. The van der Waals surface area contributed by atoms with Gasteiger partial charge in [-0.15, -0.1) is 0 Å². The van der Waals surface area contributed by atoms with Crippen LogP contribution in [0, 0.1) is 28.9 Å². The molecule has 1 aromatic carbocycles. The molecule has 2 rings (SSSR count). The monoisotopic (exact) mass is 282 g/mol. The molecule has 3 heteroatoms. The molecule has 112 valence electrons. The fraction of sp³-hybridized carbons (Fsp3) is 0.647. The number of hydrogen-bond donors (Lipinski definition) is 1. The van der Waals surface area contributed by atoms with Crippen molar-refractivity contribution in [1.82, 2.24) is 0 Å². The molecule has 0 saturated heterocycles. The van der Waals surface area contributed by atoms with Gasteiger partial charge < -0.3 is 5.11 Å². The van der Waals surface area contributed by atoms with Gasteiger partial charge in [0, 0.05) is 0 Å². The van der Waals surface area contributed by atoms with E-state index < -0.39 is 17.7 Å². The Kier molecular flexibility index (Phi) is 4.48. The van der Waals surface area contributed by atoms with Crippen molar-refractivity contribution in [3.63, 3.8) is 0 Å². The molecular weight excluding hydrogens is 258 g/mol. The molecule has 0 amide bonds. The van der Waals surface area contributed by atoms with Crippen LogP contribution in [0.15, 0.2) is 18.2 Å². The molecule has 1 aliphatic rings. The van der Waals surface area contributed by atoms with E-state index in [4.69, 9.17) is 0 Å². The zero-order valence-electron chi connectivity index (χ0n) is 12.5. The van der Waals surface area contributed by atoms with Crippen LogP contribution in [0.2, 0.25) is 0 Å². The van der Waals surface area contributed by atoms with Gasteiger partial charge in [-0.1, -0.05) is 26.8 Å². The molecule has 1 nitrogen and oxygen atoms in total. The lowest BCUT2D eigenvalue weighted by atomic mass is 9.68. The van der Waals surface area contributed by atoms with Crippen LogP contribution in [0.5, 0.6) is 0 Å². The van der Waals surface area contributed by atoms with Crippen molar-refractivity contribution in [2.45, 2.75) is 52.6 Å². The second-order valence-corrected chi connectivity index (χ2v) is 7.10. The average Bonchev–Trinajstić information content (AvgIpc) is 2.40. The summed E-state index contributed by atoms with van der Waals surface area (Å²) in [6, 6.07) is 3.70. The Hall–Kier alpha value is -0.960. The lowest BCUT2D eigenvalue weighted by Crippen LogP contribution is -2.28. The van der Waals surface area contributed by atoms with Crippen LogP contribution in [0.25, 0.3) is 0 Å². The maximum absolute atomic E-state index is 13.2. The van der Waals surface area contributed by atoms with E-state index in [1.807, 2.05) is 0 Å². The SMILES string of the molecule is CC(C)(C)C1CCC(C(O)c2ccc(F)c(F)c2)CC1. The van der Waals surface area contributed by atoms with Crippen LogP contribution < -0.4 is 0 Å². The first-order valence-electron chi connectivity index (χ1n) is 7.42. The summed E-state index contributed by atoms with van der Waals surface area (Å²) < 4.78 is 26.2. The molecule has 0 aromatic heterocycles. The summed E-state index contributed by atoms with van der Waals surface area (Å²) in [5.74, 6) is -0.920. The van der Waals surface area contributed by atoms with Gasteiger partial charge in [-0.3, -0.25) is 0 Å². The van der Waals surface area contributed by atoms with Crippen molar-refractivity contribution in [3.05, 3.63) is 35.4 Å². The highest BCUT2D eigenvalue weighted by Crippen LogP contribution is 2.43. The summed E-state index contributed by atoms with van der Waals surface area (Å²) >= 11 is 0. The topological polar surface area (TPSA) is 20.2 Å². The van der Waals surface area contributed by atoms with Crippen LogP contribution in [0.3, 0.4) is 0 Å². The predicted molar refractivity (Wildman–Crippen MR) is 76.2 cm³/mol. The van der Waals surface area contributed by atoms with E-state index in [1.54, 1.807) is 0 Å². The number of halogens is 2. The maximum atomic E-state index is 13.2. The molecule has 20 heavy (non-hydrogen) atoms. The molecule has 0 radical (unpaired) electrons. The molecule has 1 saturated carbocycles. The van der Waals surface area contributed by atoms with Gasteiger partial charge in [0.05, 0.1) is 6.10 Å². The third kappa shape index (κ3) is 3.38. The Morgan fingerprint density at radius 2 is 1.65 bits per heavy atom. The van der Waals surface area contributed by atoms with E-state index in [1.165, 1.54) is 6.07 Å². The summed E-state index contributed by atoms with van der Waals surface area (Å²) in [6.45, 7) is 6.76. The summed E-state index contributed by atoms with van der Waals surface area (Å²) in [5, 5.41) is 10.4. The first-order chi connectivity index (χ1) is 9.29. The van der Waals surface area contributed by atoms with Crippen molar-refractivity contribution >= 4 is 0 Å². The van der Waals surface area contributed by atoms with E-state index in [0.29, 0.717) is 16.9 Å². The molecule has 1 fully saturated rings. The second kappa shape index (κ2) is 5.80. The average molecular weight is 282 g/mol. The third-order valence-electron chi connectivity index (χ3n) is 4.73. The molecule has 1 aliphatic carbocycles. The predicted octanol–water partition coefficient (Wildman–Crippen LogP) is 4.85. The second-order valence-electron chi connectivity index (χ2n) is 7.10. The Morgan fingerprint density at radius 3 is 2.15 bits per heavy atom. The number of aliphatic hydroxyl groups excluding tert-OH is 1. The Balaban J connectivity index is 2.01. The zero-order chi connectivity index (χ0) is 14.9. The first-order valence-corrected chi connectivity index (χ1v) is 7.42. The minimum atomic E-state index is -0.884. The van der Waals surface area contributed by atoms with Gasteiger partial charge in [0.2, 0.25) is 0 Å². The number of benzene rings is 1. The normalized spacial score (nSPS) is 25.5. The van der Waals surface area contributed by atoms with Crippen molar-refractivity contribution in [1.29, 1.82) is 0 Å². The first kappa shape index (κ1) is 15.4. The van der Waals surface area contributed by atoms with Gasteiger partial charge in [0.25, 0.3) is 0 Å². The molecule has 0 aliphatic heterocycles. The molecule has 1 atom stereocenters. The van der Waals surface area contributed by atoms with E-state index in [0.717, 1.165) is 37.8 Å². The quantitative estimate of drug-likeness (QED) is 0.822. The zero-order valence-corrected chi connectivity index (χ0v) is 12.5. The van der Waals surface area contributed by atoms with Crippen molar-refractivity contribution in [3.8, 4) is 0 Å². The standard InChI is InChI=1S/C17H24F2O/c1-17(2,3)13-7-4-11(5-8-13)16(20)12-6-9-14(18)15(19)10-12/h6,9-11,13,16,20H,4-5,7-8H2,1-3H3. The van der Waals surface area contributed by atoms with E-state index >= 15 is 0 Å². The van der Waals surface area contributed by atoms with Crippen LogP contribution >= 0.6 is 0 Å². The number of aliphatic hydroxyl groups is 1. The molecule has 1 unspecified atom stereocenters. The highest BCUT2D eigenvalue weighted by Gasteiger charge is 2.32. The highest BCUT2D eigenvalue weighted by molar-refractivity contribution is 5.20. The minimum absolute atomic E-state index is 0.151. The summed E-state index contributed by atoms with van der Waals surface area (Å²) in [4.78, 5) is 0.